The lowest BCUT2D eigenvalue weighted by molar-refractivity contribution is 0.0904. The summed E-state index contributed by atoms with van der Waals surface area (Å²) in [6, 6.07) is 2.04. The molecule has 6 heteroatoms. The predicted molar refractivity (Wildman–Crippen MR) is 80.6 cm³/mol. The number of hydrogen-bond acceptors (Lipinski definition) is 3. The third kappa shape index (κ3) is 2.40. The van der Waals surface area contributed by atoms with Crippen LogP contribution in [0.5, 0.6) is 0 Å². The van der Waals surface area contributed by atoms with Gasteiger partial charge < -0.3 is 14.6 Å². The lowest BCUT2D eigenvalue weighted by Crippen LogP contribution is -2.47. The topological polar surface area (TPSA) is 49.6 Å². The van der Waals surface area contributed by atoms with Crippen LogP contribution in [-0.2, 0) is 0 Å². The van der Waals surface area contributed by atoms with Gasteiger partial charge in [-0.3, -0.25) is 4.79 Å². The van der Waals surface area contributed by atoms with Crippen LogP contribution in [0.2, 0.25) is 5.02 Å². The van der Waals surface area contributed by atoms with Gasteiger partial charge in [-0.2, -0.15) is 0 Å². The van der Waals surface area contributed by atoms with Crippen molar-refractivity contribution in [3.63, 3.8) is 0 Å². The van der Waals surface area contributed by atoms with Crippen molar-refractivity contribution in [2.45, 2.75) is 18.9 Å². The minimum Gasteiger partial charge on any atom is -0.347 e. The molecule has 0 radical (unpaired) electrons. The second-order valence-electron chi connectivity index (χ2n) is 6.05. The van der Waals surface area contributed by atoms with Crippen molar-refractivity contribution >= 4 is 23.0 Å². The summed E-state index contributed by atoms with van der Waals surface area (Å²) >= 11 is 6.03. The van der Waals surface area contributed by atoms with Gasteiger partial charge in [0.2, 0.25) is 0 Å². The molecule has 0 saturated carbocycles. The quantitative estimate of drug-likeness (QED) is 0.920. The zero-order valence-corrected chi connectivity index (χ0v) is 12.4. The first-order valence-electron chi connectivity index (χ1n) is 7.34. The maximum Gasteiger partial charge on any atom is 0.271 e. The number of rotatable bonds is 2. The molecule has 1 unspecified atom stereocenters. The van der Waals surface area contributed by atoms with Crippen molar-refractivity contribution in [1.82, 2.24) is 19.6 Å². The van der Waals surface area contributed by atoms with Gasteiger partial charge in [0.1, 0.15) is 5.69 Å². The lowest BCUT2D eigenvalue weighted by atomic mass is 9.97. The van der Waals surface area contributed by atoms with Gasteiger partial charge >= 0.3 is 0 Å². The van der Waals surface area contributed by atoms with E-state index in [-0.39, 0.29) is 11.9 Å². The molecule has 4 heterocycles. The molecule has 2 aliphatic rings. The zero-order chi connectivity index (χ0) is 14.4. The maximum atomic E-state index is 12.4. The summed E-state index contributed by atoms with van der Waals surface area (Å²) in [4.78, 5) is 19.0. The van der Waals surface area contributed by atoms with Crippen molar-refractivity contribution in [2.24, 2.45) is 5.92 Å². The van der Waals surface area contributed by atoms with Gasteiger partial charge in [-0.25, -0.2) is 4.98 Å². The van der Waals surface area contributed by atoms with Crippen LogP contribution < -0.4 is 5.32 Å². The Bertz CT molecular complexity index is 686. The van der Waals surface area contributed by atoms with Crippen LogP contribution >= 0.6 is 11.6 Å². The number of fused-ring (bicyclic) bond motifs is 3. The fourth-order valence-electron chi connectivity index (χ4n) is 3.51. The highest BCUT2D eigenvalue weighted by Crippen LogP contribution is 2.26. The zero-order valence-electron chi connectivity index (χ0n) is 11.6. The number of aromatic nitrogens is 2. The summed E-state index contributed by atoms with van der Waals surface area (Å²) in [7, 11) is 0. The smallest absolute Gasteiger partial charge is 0.271 e. The summed E-state index contributed by atoms with van der Waals surface area (Å²) < 4.78 is 1.83. The first kappa shape index (κ1) is 13.1. The summed E-state index contributed by atoms with van der Waals surface area (Å²) in [5.41, 5.74) is 1.25. The minimum absolute atomic E-state index is 0.103. The number of halogens is 1. The molecule has 21 heavy (non-hydrogen) atoms. The number of nitrogens with zero attached hydrogens (tertiary/aromatic N) is 3. The number of nitrogens with one attached hydrogen (secondary N) is 1. The van der Waals surface area contributed by atoms with Crippen LogP contribution in [-0.4, -0.2) is 45.9 Å². The van der Waals surface area contributed by atoms with Crippen LogP contribution in [0.1, 0.15) is 23.3 Å². The SMILES string of the molecule is O=C(N[C@@H]1C[C@H]2CCN(C2)C1)c1cn2ccc(Cl)c2cn1. The van der Waals surface area contributed by atoms with Gasteiger partial charge in [-0.05, 0) is 31.4 Å². The average molecular weight is 305 g/mol. The number of carbonyl (C=O) groups is 1. The van der Waals surface area contributed by atoms with Gasteiger partial charge in [0.05, 0.1) is 16.7 Å². The molecule has 2 aromatic heterocycles. The van der Waals surface area contributed by atoms with Gasteiger partial charge in [-0.1, -0.05) is 11.6 Å². The fourth-order valence-corrected chi connectivity index (χ4v) is 3.71. The summed E-state index contributed by atoms with van der Waals surface area (Å²) in [5.74, 6) is 0.636. The van der Waals surface area contributed by atoms with E-state index in [9.17, 15) is 4.79 Å². The first-order valence-corrected chi connectivity index (χ1v) is 7.72. The van der Waals surface area contributed by atoms with E-state index in [0.717, 1.165) is 24.4 Å². The Morgan fingerprint density at radius 3 is 3.19 bits per heavy atom. The molecule has 2 fully saturated rings. The van der Waals surface area contributed by atoms with Crippen molar-refractivity contribution in [1.29, 1.82) is 0 Å². The van der Waals surface area contributed by atoms with E-state index >= 15 is 0 Å². The highest BCUT2D eigenvalue weighted by atomic mass is 35.5. The van der Waals surface area contributed by atoms with Crippen LogP contribution in [0.15, 0.2) is 24.7 Å². The molecule has 0 aromatic carbocycles. The Morgan fingerprint density at radius 1 is 1.43 bits per heavy atom. The second kappa shape index (κ2) is 5.00. The second-order valence-corrected chi connectivity index (χ2v) is 6.46. The molecule has 0 spiro atoms. The van der Waals surface area contributed by atoms with Crippen LogP contribution in [0.3, 0.4) is 0 Å². The van der Waals surface area contributed by atoms with Gasteiger partial charge in [-0.15, -0.1) is 0 Å². The predicted octanol–water partition coefficient (Wildman–Crippen LogP) is 1.81. The Balaban J connectivity index is 1.50. The number of amides is 1. The average Bonchev–Trinajstić information content (AvgIpc) is 3.02. The highest BCUT2D eigenvalue weighted by Gasteiger charge is 2.33. The third-order valence-corrected chi connectivity index (χ3v) is 4.85. The first-order chi connectivity index (χ1) is 10.2. The van der Waals surface area contributed by atoms with Crippen LogP contribution in [0, 0.1) is 5.92 Å². The minimum atomic E-state index is -0.103. The largest absolute Gasteiger partial charge is 0.347 e. The summed E-state index contributed by atoms with van der Waals surface area (Å²) in [5, 5.41) is 3.76. The van der Waals surface area contributed by atoms with E-state index in [1.54, 1.807) is 18.5 Å². The van der Waals surface area contributed by atoms with Crippen LogP contribution in [0.25, 0.3) is 5.52 Å². The standard InChI is InChI=1S/C15H17ClN4O/c16-12-2-4-20-9-13(17-6-14(12)20)15(21)18-11-5-10-1-3-19(7-10)8-11/h2,4,6,9-11H,1,3,5,7-8H2,(H,18,21)/t10-,11-/m1/s1. The molecule has 2 bridgehead atoms. The Kier molecular flexibility index (Phi) is 3.12. The van der Waals surface area contributed by atoms with Gasteiger partial charge in [0.15, 0.2) is 0 Å². The fraction of sp³-hybridized carbons (Fsp3) is 0.467. The Labute approximate surface area is 127 Å². The maximum absolute atomic E-state index is 12.4. The van der Waals surface area contributed by atoms with E-state index in [0.29, 0.717) is 10.7 Å². The monoisotopic (exact) mass is 304 g/mol. The number of carbonyl (C=O) groups excluding carboxylic acids is 1. The lowest BCUT2D eigenvalue weighted by Gasteiger charge is -2.30. The molecule has 0 aliphatic carbocycles. The molecular formula is C15H17ClN4O. The molecule has 110 valence electrons. The molecule has 2 aliphatic heterocycles. The molecule has 2 aromatic rings. The molecule has 1 amide bonds. The van der Waals surface area contributed by atoms with Gasteiger partial charge in [0, 0.05) is 31.5 Å². The number of piperidine rings is 1. The van der Waals surface area contributed by atoms with E-state index in [1.807, 2.05) is 10.6 Å². The summed E-state index contributed by atoms with van der Waals surface area (Å²) in [6.45, 7) is 3.32. The van der Waals surface area contributed by atoms with E-state index in [2.05, 4.69) is 15.2 Å². The normalized spacial score (nSPS) is 28.0. The highest BCUT2D eigenvalue weighted by molar-refractivity contribution is 6.33. The molecule has 3 atom stereocenters. The molecule has 4 rings (SSSR count). The molecule has 5 nitrogen and oxygen atoms in total. The summed E-state index contributed by atoms with van der Waals surface area (Å²) in [6.07, 6.45) is 7.56. The molecular weight excluding hydrogens is 288 g/mol. The van der Waals surface area contributed by atoms with Crippen molar-refractivity contribution in [2.75, 3.05) is 19.6 Å². The van der Waals surface area contributed by atoms with E-state index in [1.165, 1.54) is 19.5 Å². The third-order valence-electron chi connectivity index (χ3n) is 4.53. The van der Waals surface area contributed by atoms with E-state index in [4.69, 9.17) is 11.6 Å². The molecule has 1 N–H and O–H groups in total. The van der Waals surface area contributed by atoms with Crippen molar-refractivity contribution in [3.05, 3.63) is 35.4 Å². The van der Waals surface area contributed by atoms with Crippen LogP contribution in [0.4, 0.5) is 0 Å². The Morgan fingerprint density at radius 2 is 2.33 bits per heavy atom. The van der Waals surface area contributed by atoms with Crippen molar-refractivity contribution < 1.29 is 4.79 Å². The van der Waals surface area contributed by atoms with Gasteiger partial charge in [0.25, 0.3) is 5.91 Å². The van der Waals surface area contributed by atoms with E-state index < -0.39 is 0 Å². The van der Waals surface area contributed by atoms with Crippen molar-refractivity contribution in [3.8, 4) is 0 Å². The number of hydrogen-bond donors (Lipinski definition) is 1. The molecule has 2 saturated heterocycles. The Hall–Kier alpha value is -1.59.